The molecule has 4 aromatic carbocycles. The molecule has 0 spiro atoms. The van der Waals surface area contributed by atoms with E-state index in [-0.39, 0.29) is 75.5 Å². The minimum atomic E-state index is -0.593. The first kappa shape index (κ1) is 27.2. The SMILES string of the molecule is Oc1cccc(O)c1-c1c(F)cccc1Cl.Oc1cccc2oc3cccc(Cl)c3c12.[W].[W]. The summed E-state index contributed by atoms with van der Waals surface area (Å²) >= 11 is 11.9. The summed E-state index contributed by atoms with van der Waals surface area (Å²) in [5.74, 6) is -0.831. The summed E-state index contributed by atoms with van der Waals surface area (Å²) in [6.45, 7) is 0. The van der Waals surface area contributed by atoms with Gasteiger partial charge in [-0.05, 0) is 48.5 Å². The van der Waals surface area contributed by atoms with Gasteiger partial charge < -0.3 is 19.7 Å². The number of furan rings is 1. The summed E-state index contributed by atoms with van der Waals surface area (Å²) in [5, 5.41) is 31.2. The summed E-state index contributed by atoms with van der Waals surface area (Å²) in [6.07, 6.45) is 0. The molecule has 0 saturated heterocycles. The van der Waals surface area contributed by atoms with Gasteiger partial charge in [0.2, 0.25) is 0 Å². The van der Waals surface area contributed by atoms with E-state index >= 15 is 0 Å². The van der Waals surface area contributed by atoms with Crippen molar-refractivity contribution in [1.82, 2.24) is 0 Å². The Kier molecular flexibility index (Phi) is 9.40. The van der Waals surface area contributed by atoms with Crippen LogP contribution in [-0.4, -0.2) is 15.3 Å². The van der Waals surface area contributed by atoms with Crippen molar-refractivity contribution in [2.45, 2.75) is 0 Å². The number of hydrogen-bond donors (Lipinski definition) is 3. The Morgan fingerprint density at radius 2 is 1.06 bits per heavy atom. The van der Waals surface area contributed by atoms with Crippen LogP contribution in [0.5, 0.6) is 17.2 Å². The molecule has 0 radical (unpaired) electrons. The predicted molar refractivity (Wildman–Crippen MR) is 121 cm³/mol. The summed E-state index contributed by atoms with van der Waals surface area (Å²) in [7, 11) is 0. The van der Waals surface area contributed by atoms with Gasteiger partial charge in [0.25, 0.3) is 0 Å². The number of halogens is 3. The van der Waals surface area contributed by atoms with Gasteiger partial charge in [0.1, 0.15) is 34.2 Å². The third-order valence-electron chi connectivity index (χ3n) is 4.68. The molecule has 0 aliphatic rings. The van der Waals surface area contributed by atoms with Gasteiger partial charge in [-0.15, -0.1) is 0 Å². The first-order valence-electron chi connectivity index (χ1n) is 9.12. The van der Waals surface area contributed by atoms with E-state index in [1.165, 1.54) is 36.4 Å². The van der Waals surface area contributed by atoms with E-state index in [0.29, 0.717) is 21.6 Å². The average molecular weight is 825 g/mol. The van der Waals surface area contributed by atoms with Crippen LogP contribution in [-0.2, 0) is 42.1 Å². The van der Waals surface area contributed by atoms with E-state index in [0.717, 1.165) is 5.39 Å². The van der Waals surface area contributed by atoms with Crippen LogP contribution in [0.15, 0.2) is 77.2 Å². The summed E-state index contributed by atoms with van der Waals surface area (Å²) < 4.78 is 19.2. The summed E-state index contributed by atoms with van der Waals surface area (Å²) in [4.78, 5) is 0. The van der Waals surface area contributed by atoms with Crippen LogP contribution in [0.25, 0.3) is 33.1 Å². The van der Waals surface area contributed by atoms with Crippen LogP contribution in [0.2, 0.25) is 10.0 Å². The van der Waals surface area contributed by atoms with Gasteiger partial charge in [0.15, 0.2) is 0 Å². The second kappa shape index (κ2) is 11.4. The molecule has 0 unspecified atom stereocenters. The van der Waals surface area contributed by atoms with Crippen LogP contribution >= 0.6 is 23.2 Å². The Bertz CT molecular complexity index is 1280. The van der Waals surface area contributed by atoms with Crippen molar-refractivity contribution in [3.05, 3.63) is 88.7 Å². The number of fused-ring (bicyclic) bond motifs is 3. The molecule has 0 aliphatic heterocycles. The summed E-state index contributed by atoms with van der Waals surface area (Å²) in [6, 6.07) is 19.0. The normalized spacial score (nSPS) is 10.2. The summed E-state index contributed by atoms with van der Waals surface area (Å²) in [5.41, 5.74) is 1.35. The molecule has 0 atom stereocenters. The van der Waals surface area contributed by atoms with Crippen molar-refractivity contribution in [3.8, 4) is 28.4 Å². The molecule has 5 rings (SSSR count). The quantitative estimate of drug-likeness (QED) is 0.164. The molecule has 168 valence electrons. The van der Waals surface area contributed by atoms with Crippen molar-refractivity contribution in [3.63, 3.8) is 0 Å². The van der Waals surface area contributed by atoms with Crippen molar-refractivity contribution < 1.29 is 66.3 Å². The van der Waals surface area contributed by atoms with Gasteiger partial charge in [0.05, 0.1) is 26.4 Å². The molecule has 1 aromatic heterocycles. The van der Waals surface area contributed by atoms with Crippen LogP contribution in [0, 0.1) is 5.82 Å². The van der Waals surface area contributed by atoms with Gasteiger partial charge in [-0.3, -0.25) is 0 Å². The fourth-order valence-corrected chi connectivity index (χ4v) is 3.85. The molecule has 1 heterocycles. The Hall–Kier alpha value is -2.03. The fraction of sp³-hybridized carbons (Fsp3) is 0. The van der Waals surface area contributed by atoms with Crippen LogP contribution in [0.4, 0.5) is 4.39 Å². The molecule has 9 heteroatoms. The Morgan fingerprint density at radius 1 is 0.576 bits per heavy atom. The average Bonchev–Trinajstić information content (AvgIpc) is 3.12. The van der Waals surface area contributed by atoms with Gasteiger partial charge in [-0.25, -0.2) is 4.39 Å². The maximum Gasteiger partial charge on any atom is 0.139 e. The molecule has 0 amide bonds. The Morgan fingerprint density at radius 3 is 1.70 bits per heavy atom. The zero-order valence-corrected chi connectivity index (χ0v) is 24.0. The standard InChI is InChI=1S/C12H8ClFO2.C12H7ClO2.2W/c13-7-3-1-4-8(14)11(7)12-9(15)5-2-6-10(12)16;13-7-3-1-5-9-11(7)12-8(14)4-2-6-10(12)15-9;;/h1-6,15-16H;1-6,14H;;. The van der Waals surface area contributed by atoms with E-state index in [1.807, 2.05) is 18.2 Å². The number of hydrogen-bond acceptors (Lipinski definition) is 4. The Labute approximate surface area is 227 Å². The van der Waals surface area contributed by atoms with Crippen molar-refractivity contribution in [1.29, 1.82) is 0 Å². The predicted octanol–water partition coefficient (Wildman–Crippen LogP) is 7.50. The third kappa shape index (κ3) is 5.39. The Balaban J connectivity index is 0.000000220. The van der Waals surface area contributed by atoms with Crippen LogP contribution in [0.1, 0.15) is 0 Å². The fourth-order valence-electron chi connectivity index (χ4n) is 3.33. The van der Waals surface area contributed by atoms with E-state index < -0.39 is 5.82 Å². The second-order valence-corrected chi connectivity index (χ2v) is 7.45. The number of phenols is 3. The zero-order chi connectivity index (χ0) is 22.1. The topological polar surface area (TPSA) is 73.8 Å². The number of phenolic OH excluding ortho intramolecular Hbond substituents is 3. The van der Waals surface area contributed by atoms with Gasteiger partial charge in [0, 0.05) is 47.7 Å². The molecule has 4 nitrogen and oxygen atoms in total. The molecule has 0 saturated carbocycles. The third-order valence-corrected chi connectivity index (χ3v) is 5.31. The van der Waals surface area contributed by atoms with Gasteiger partial charge in [-0.1, -0.05) is 47.5 Å². The molecular weight excluding hydrogens is 810 g/mol. The van der Waals surface area contributed by atoms with Gasteiger partial charge >= 0.3 is 0 Å². The zero-order valence-electron chi connectivity index (χ0n) is 16.6. The van der Waals surface area contributed by atoms with E-state index in [2.05, 4.69) is 0 Å². The molecule has 0 bridgehead atoms. The van der Waals surface area contributed by atoms with Gasteiger partial charge in [-0.2, -0.15) is 0 Å². The van der Waals surface area contributed by atoms with Crippen LogP contribution < -0.4 is 0 Å². The molecule has 3 N–H and O–H groups in total. The number of rotatable bonds is 1. The maximum atomic E-state index is 13.6. The monoisotopic (exact) mass is 824 g/mol. The van der Waals surface area contributed by atoms with E-state index in [9.17, 15) is 19.7 Å². The molecular formula is C24H15Cl2FO4W2. The number of benzene rings is 4. The van der Waals surface area contributed by atoms with Crippen molar-refractivity contribution in [2.24, 2.45) is 0 Å². The van der Waals surface area contributed by atoms with Crippen molar-refractivity contribution in [2.75, 3.05) is 0 Å². The molecule has 0 fully saturated rings. The number of aromatic hydroxyl groups is 3. The van der Waals surface area contributed by atoms with Crippen LogP contribution in [0.3, 0.4) is 0 Å². The van der Waals surface area contributed by atoms with E-state index in [1.54, 1.807) is 18.2 Å². The molecule has 5 aromatic rings. The van der Waals surface area contributed by atoms with E-state index in [4.69, 9.17) is 27.6 Å². The first-order valence-corrected chi connectivity index (χ1v) is 9.88. The molecule has 33 heavy (non-hydrogen) atoms. The minimum Gasteiger partial charge on any atom is -0.507 e. The van der Waals surface area contributed by atoms with Crippen molar-refractivity contribution >= 4 is 45.1 Å². The smallest absolute Gasteiger partial charge is 0.139 e. The largest absolute Gasteiger partial charge is 0.507 e. The second-order valence-electron chi connectivity index (χ2n) is 6.63. The molecule has 0 aliphatic carbocycles. The first-order chi connectivity index (χ1) is 14.9. The maximum absolute atomic E-state index is 13.6. The minimum absolute atomic E-state index is 0.